The first-order chi connectivity index (χ1) is 9.24. The maximum absolute atomic E-state index is 5.86. The van der Waals surface area contributed by atoms with Gasteiger partial charge in [-0.15, -0.1) is 0 Å². The molecule has 3 rings (SSSR count). The molecule has 1 spiro atoms. The van der Waals surface area contributed by atoms with Crippen molar-refractivity contribution in [3.05, 3.63) is 23.4 Å². The maximum atomic E-state index is 5.86. The predicted octanol–water partition coefficient (Wildman–Crippen LogP) is 1.19. The van der Waals surface area contributed by atoms with Gasteiger partial charge in [-0.1, -0.05) is 0 Å². The fraction of sp³-hybridized carbons (Fsp3) is 0.643. The Labute approximate surface area is 113 Å². The smallest absolute Gasteiger partial charge is 0.171 e. The number of piperidine rings is 1. The number of hydrogen-bond acceptors (Lipinski definition) is 5. The number of pyridine rings is 1. The molecule has 2 aliphatic heterocycles. The molecule has 5 heteroatoms. The van der Waals surface area contributed by atoms with Gasteiger partial charge < -0.3 is 20.1 Å². The van der Waals surface area contributed by atoms with Crippen molar-refractivity contribution in [3.8, 4) is 0 Å². The van der Waals surface area contributed by atoms with Crippen molar-refractivity contribution in [1.82, 2.24) is 4.98 Å². The summed E-state index contributed by atoms with van der Waals surface area (Å²) in [4.78, 5) is 6.81. The molecule has 5 nitrogen and oxygen atoms in total. The van der Waals surface area contributed by atoms with Gasteiger partial charge in [0, 0.05) is 44.2 Å². The van der Waals surface area contributed by atoms with Gasteiger partial charge in [0.05, 0.1) is 13.2 Å². The molecule has 3 heterocycles. The monoisotopic (exact) mass is 263 g/mol. The fourth-order valence-electron chi connectivity index (χ4n) is 2.94. The van der Waals surface area contributed by atoms with Gasteiger partial charge in [-0.3, -0.25) is 0 Å². The minimum Gasteiger partial charge on any atom is -0.356 e. The van der Waals surface area contributed by atoms with E-state index in [2.05, 4.69) is 16.8 Å². The number of aromatic nitrogens is 1. The molecule has 0 bridgehead atoms. The molecule has 1 aromatic rings. The van der Waals surface area contributed by atoms with E-state index >= 15 is 0 Å². The van der Waals surface area contributed by atoms with Crippen LogP contribution in [0.25, 0.3) is 0 Å². The van der Waals surface area contributed by atoms with Crippen LogP contribution in [0.1, 0.15) is 24.0 Å². The van der Waals surface area contributed by atoms with E-state index in [1.54, 1.807) is 0 Å². The first kappa shape index (κ1) is 12.8. The van der Waals surface area contributed by atoms with Gasteiger partial charge in [-0.2, -0.15) is 0 Å². The lowest BCUT2D eigenvalue weighted by Crippen LogP contribution is -2.45. The molecule has 104 valence electrons. The van der Waals surface area contributed by atoms with Gasteiger partial charge in [0.15, 0.2) is 5.79 Å². The van der Waals surface area contributed by atoms with E-state index < -0.39 is 0 Å². The van der Waals surface area contributed by atoms with Gasteiger partial charge in [0.2, 0.25) is 0 Å². The highest BCUT2D eigenvalue weighted by atomic mass is 16.7. The molecule has 0 saturated carbocycles. The Hall–Kier alpha value is -1.17. The second kappa shape index (κ2) is 5.07. The standard InChI is InChI=1S/C14H21N3O2/c1-11-2-5-16-13(12(11)10-15)17-6-3-14(4-7-17)18-8-9-19-14/h2,5H,3-4,6-10,15H2,1H3. The molecule has 2 fully saturated rings. The molecule has 0 amide bonds. The zero-order valence-electron chi connectivity index (χ0n) is 11.4. The van der Waals surface area contributed by atoms with Crippen LogP contribution in [-0.4, -0.2) is 37.1 Å². The second-order valence-electron chi connectivity index (χ2n) is 5.23. The summed E-state index contributed by atoms with van der Waals surface area (Å²) in [7, 11) is 0. The zero-order chi connectivity index (χ0) is 13.3. The predicted molar refractivity (Wildman–Crippen MR) is 72.9 cm³/mol. The van der Waals surface area contributed by atoms with Crippen LogP contribution >= 0.6 is 0 Å². The van der Waals surface area contributed by atoms with Crippen LogP contribution in [0.3, 0.4) is 0 Å². The van der Waals surface area contributed by atoms with E-state index in [4.69, 9.17) is 15.2 Å². The molecule has 19 heavy (non-hydrogen) atoms. The number of aryl methyl sites for hydroxylation is 1. The molecule has 0 aromatic carbocycles. The highest BCUT2D eigenvalue weighted by Gasteiger charge is 2.40. The summed E-state index contributed by atoms with van der Waals surface area (Å²) in [6, 6.07) is 2.01. The third-order valence-corrected chi connectivity index (χ3v) is 4.11. The van der Waals surface area contributed by atoms with Crippen molar-refractivity contribution in [3.63, 3.8) is 0 Å². The van der Waals surface area contributed by atoms with Crippen LogP contribution in [0, 0.1) is 6.92 Å². The summed E-state index contributed by atoms with van der Waals surface area (Å²) in [6.07, 6.45) is 3.65. The Morgan fingerprint density at radius 3 is 2.63 bits per heavy atom. The lowest BCUT2D eigenvalue weighted by atomic mass is 10.0. The van der Waals surface area contributed by atoms with E-state index in [1.807, 2.05) is 12.3 Å². The Morgan fingerprint density at radius 2 is 2.00 bits per heavy atom. The van der Waals surface area contributed by atoms with Gasteiger partial charge >= 0.3 is 0 Å². The van der Waals surface area contributed by atoms with E-state index in [-0.39, 0.29) is 5.79 Å². The topological polar surface area (TPSA) is 60.6 Å². The highest BCUT2D eigenvalue weighted by Crippen LogP contribution is 2.33. The van der Waals surface area contributed by atoms with Crippen molar-refractivity contribution in [2.75, 3.05) is 31.2 Å². The summed E-state index contributed by atoms with van der Waals surface area (Å²) in [5.41, 5.74) is 8.21. The van der Waals surface area contributed by atoms with E-state index in [1.165, 1.54) is 5.56 Å². The Kier molecular flexibility index (Phi) is 3.43. The third kappa shape index (κ3) is 2.33. The molecule has 2 aliphatic rings. The summed E-state index contributed by atoms with van der Waals surface area (Å²) in [5.74, 6) is 0.693. The Balaban J connectivity index is 1.76. The van der Waals surface area contributed by atoms with Gasteiger partial charge in [0.1, 0.15) is 5.82 Å². The number of ether oxygens (including phenoxy) is 2. The van der Waals surface area contributed by atoms with E-state index in [0.29, 0.717) is 6.54 Å². The third-order valence-electron chi connectivity index (χ3n) is 4.11. The van der Waals surface area contributed by atoms with E-state index in [0.717, 1.165) is 50.5 Å². The minimum absolute atomic E-state index is 0.330. The zero-order valence-corrected chi connectivity index (χ0v) is 11.4. The fourth-order valence-corrected chi connectivity index (χ4v) is 2.94. The number of nitrogens with two attached hydrogens (primary N) is 1. The first-order valence-corrected chi connectivity index (χ1v) is 6.91. The molecular weight excluding hydrogens is 242 g/mol. The van der Waals surface area contributed by atoms with Crippen LogP contribution in [-0.2, 0) is 16.0 Å². The number of hydrogen-bond donors (Lipinski definition) is 1. The lowest BCUT2D eigenvalue weighted by molar-refractivity contribution is -0.169. The molecule has 0 atom stereocenters. The van der Waals surface area contributed by atoms with Gasteiger partial charge in [-0.25, -0.2) is 4.98 Å². The van der Waals surface area contributed by atoms with E-state index in [9.17, 15) is 0 Å². The van der Waals surface area contributed by atoms with Crippen molar-refractivity contribution >= 4 is 5.82 Å². The van der Waals surface area contributed by atoms with Crippen LogP contribution in [0.15, 0.2) is 12.3 Å². The lowest BCUT2D eigenvalue weighted by Gasteiger charge is -2.38. The van der Waals surface area contributed by atoms with Crippen LogP contribution in [0.4, 0.5) is 5.82 Å². The van der Waals surface area contributed by atoms with Gasteiger partial charge in [0.25, 0.3) is 0 Å². The molecule has 2 saturated heterocycles. The Morgan fingerprint density at radius 1 is 1.32 bits per heavy atom. The normalized spacial score (nSPS) is 22.1. The second-order valence-corrected chi connectivity index (χ2v) is 5.23. The van der Waals surface area contributed by atoms with Crippen LogP contribution in [0.2, 0.25) is 0 Å². The van der Waals surface area contributed by atoms with Crippen LogP contribution < -0.4 is 10.6 Å². The summed E-state index contributed by atoms with van der Waals surface area (Å²) < 4.78 is 11.5. The quantitative estimate of drug-likeness (QED) is 0.868. The first-order valence-electron chi connectivity index (χ1n) is 6.91. The molecule has 0 aliphatic carbocycles. The summed E-state index contributed by atoms with van der Waals surface area (Å²) >= 11 is 0. The highest BCUT2D eigenvalue weighted by molar-refractivity contribution is 5.50. The number of rotatable bonds is 2. The largest absolute Gasteiger partial charge is 0.356 e. The minimum atomic E-state index is -0.330. The van der Waals surface area contributed by atoms with Crippen LogP contribution in [0.5, 0.6) is 0 Å². The van der Waals surface area contributed by atoms with Crippen molar-refractivity contribution in [1.29, 1.82) is 0 Å². The maximum Gasteiger partial charge on any atom is 0.171 e. The molecule has 1 aromatic heterocycles. The number of anilines is 1. The van der Waals surface area contributed by atoms with Crippen molar-refractivity contribution in [2.45, 2.75) is 32.1 Å². The average molecular weight is 263 g/mol. The summed E-state index contributed by atoms with van der Waals surface area (Å²) in [6.45, 7) is 5.87. The molecular formula is C14H21N3O2. The van der Waals surface area contributed by atoms with Crippen molar-refractivity contribution in [2.24, 2.45) is 5.73 Å². The van der Waals surface area contributed by atoms with Gasteiger partial charge in [-0.05, 0) is 18.6 Å². The molecule has 2 N–H and O–H groups in total. The average Bonchev–Trinajstić information content (AvgIpc) is 2.88. The van der Waals surface area contributed by atoms with Crippen molar-refractivity contribution < 1.29 is 9.47 Å². The summed E-state index contributed by atoms with van der Waals surface area (Å²) in [5, 5.41) is 0. The molecule has 0 radical (unpaired) electrons. The number of nitrogens with zero attached hydrogens (tertiary/aromatic N) is 2. The Bertz CT molecular complexity index is 448. The SMILES string of the molecule is Cc1ccnc(N2CCC3(CC2)OCCO3)c1CN. The molecule has 0 unspecified atom stereocenters.